The molecule has 18 heteroatoms. The van der Waals surface area contributed by atoms with Gasteiger partial charge in [0.15, 0.2) is 0 Å². The van der Waals surface area contributed by atoms with Gasteiger partial charge in [-0.1, -0.05) is 0 Å². The third kappa shape index (κ3) is 5.70. The van der Waals surface area contributed by atoms with Crippen molar-refractivity contribution in [3.05, 3.63) is 93.8 Å². The lowest BCUT2D eigenvalue weighted by molar-refractivity contribution is -0.415. The summed E-state index contributed by atoms with van der Waals surface area (Å²) in [5.74, 6) is -1.47. The van der Waals surface area contributed by atoms with Crippen LogP contribution in [0.25, 0.3) is 5.57 Å². The van der Waals surface area contributed by atoms with E-state index in [1.165, 1.54) is 12.1 Å². The number of benzene rings is 2. The first kappa shape index (κ1) is 30.3. The molecule has 0 aliphatic heterocycles. The van der Waals surface area contributed by atoms with Crippen molar-refractivity contribution in [1.82, 2.24) is 0 Å². The predicted molar refractivity (Wildman–Crippen MR) is 153 cm³/mol. The number of phenols is 1. The number of rotatable bonds is 5. The van der Waals surface area contributed by atoms with Crippen LogP contribution in [-0.2, 0) is 10.1 Å². The first-order valence-electron chi connectivity index (χ1n) is 9.02. The number of nitro benzene ring substituents is 1. The third-order valence-electron chi connectivity index (χ3n) is 4.78. The normalized spacial score (nSPS) is 15.3. The second-order valence-electron chi connectivity index (χ2n) is 6.96. The van der Waals surface area contributed by atoms with E-state index in [-0.39, 0.29) is 49.1 Å². The molecule has 1 aliphatic rings. The number of phenolic OH excluding ortho intramolecular Hbond substituents is 1. The van der Waals surface area contributed by atoms with Crippen molar-refractivity contribution < 1.29 is 32.7 Å². The van der Waals surface area contributed by atoms with Gasteiger partial charge in [0.1, 0.15) is 14.6 Å². The molecule has 194 valence electrons. The number of halogens is 6. The molecule has 11 nitrogen and oxygen atoms in total. The summed E-state index contributed by atoms with van der Waals surface area (Å²) in [6, 6.07) is 2.10. The van der Waals surface area contributed by atoms with Crippen molar-refractivity contribution in [2.24, 2.45) is 0 Å². The number of allylic oxidation sites excluding steroid dienone is 4. The van der Waals surface area contributed by atoms with Gasteiger partial charge in [-0.2, -0.15) is 0 Å². The Morgan fingerprint density at radius 1 is 0.892 bits per heavy atom. The molecule has 0 unspecified atom stereocenters. The van der Waals surface area contributed by atoms with Gasteiger partial charge in [0, 0.05) is 31.1 Å². The van der Waals surface area contributed by atoms with Crippen LogP contribution in [0.4, 0.5) is 5.69 Å². The molecule has 0 radical (unpaired) electrons. The molecule has 37 heavy (non-hydrogen) atoms. The smallest absolute Gasteiger partial charge is 0.430 e. The molecule has 2 aromatic carbocycles. The van der Waals surface area contributed by atoms with Crippen LogP contribution >= 0.6 is 95.6 Å². The summed E-state index contributed by atoms with van der Waals surface area (Å²) in [6.45, 7) is 0. The highest BCUT2D eigenvalue weighted by Crippen LogP contribution is 2.50. The summed E-state index contributed by atoms with van der Waals surface area (Å²) in [4.78, 5) is 30.8. The van der Waals surface area contributed by atoms with Crippen LogP contribution in [0.5, 0.6) is 5.75 Å². The highest BCUT2D eigenvalue weighted by Gasteiger charge is 2.37. The Morgan fingerprint density at radius 2 is 1.46 bits per heavy atom. The average Bonchev–Trinajstić information content (AvgIpc) is 2.78. The SMILES string of the molecule is O=[N+]([O-])C1=C/C(=C(/c2cc(Br)c(O)c([N+](=O)[O-])c2)c2c(Br)c(Br)c(Br)c(Br)c2S(=O)(=O)[O-])C=C(Br)C1=[OH+]. The van der Waals surface area contributed by atoms with Crippen LogP contribution in [0.1, 0.15) is 11.1 Å². The minimum Gasteiger partial charge on any atom is -0.744 e. The van der Waals surface area contributed by atoms with E-state index in [0.717, 1.165) is 12.1 Å². The molecule has 0 aromatic heterocycles. The molecule has 0 atom stereocenters. The Balaban J connectivity index is 2.72. The van der Waals surface area contributed by atoms with Crippen LogP contribution < -0.4 is 0 Å². The van der Waals surface area contributed by atoms with Gasteiger partial charge in [-0.25, -0.2) is 8.42 Å². The molecule has 0 heterocycles. The van der Waals surface area contributed by atoms with E-state index in [1.54, 1.807) is 0 Å². The maximum Gasteiger partial charge on any atom is 0.430 e. The number of nitro groups is 2. The highest BCUT2D eigenvalue weighted by molar-refractivity contribution is 9.15. The zero-order chi connectivity index (χ0) is 28.1. The molecule has 1 aliphatic carbocycles. The van der Waals surface area contributed by atoms with E-state index >= 15 is 0 Å². The van der Waals surface area contributed by atoms with Gasteiger partial charge in [0.25, 0.3) is 0 Å². The molecule has 2 aromatic rings. The van der Waals surface area contributed by atoms with Crippen molar-refractivity contribution in [3.8, 4) is 5.75 Å². The van der Waals surface area contributed by atoms with Crippen LogP contribution in [0.2, 0.25) is 0 Å². The van der Waals surface area contributed by atoms with Crippen molar-refractivity contribution in [3.63, 3.8) is 0 Å². The fourth-order valence-corrected chi connectivity index (χ4v) is 8.11. The van der Waals surface area contributed by atoms with Crippen LogP contribution in [0, 0.1) is 20.2 Å². The number of carbonyl (C=O) groups excluding carboxylic acids is 1. The van der Waals surface area contributed by atoms with Crippen LogP contribution in [0.3, 0.4) is 0 Å². The Labute approximate surface area is 257 Å². The van der Waals surface area contributed by atoms with E-state index in [1.807, 2.05) is 0 Å². The largest absolute Gasteiger partial charge is 0.744 e. The Bertz CT molecular complexity index is 1650. The standard InChI is InChI=1S/C19H6Br6N2O9S/c20-7-1-5(3-9(17(7)28)26(30)31)11(6-2-8(21)18(29)10(4-6)27(32)33)12-13(22)14(23)15(24)16(25)19(12)37(34,35)36/h1-4,28H,(H,34,35,36)/b11-6-. The van der Waals surface area contributed by atoms with E-state index in [0.29, 0.717) is 0 Å². The van der Waals surface area contributed by atoms with Gasteiger partial charge in [-0.15, -0.1) is 0 Å². The molecule has 0 bridgehead atoms. The Kier molecular flexibility index (Phi) is 9.05. The van der Waals surface area contributed by atoms with Gasteiger partial charge in [-0.05, 0) is 124 Å². The van der Waals surface area contributed by atoms with Gasteiger partial charge in [0.05, 0.1) is 23.7 Å². The molecule has 0 fully saturated rings. The summed E-state index contributed by atoms with van der Waals surface area (Å²) in [5.41, 5.74) is -2.33. The number of aromatic hydroxyl groups is 1. The highest BCUT2D eigenvalue weighted by atomic mass is 79.9. The molecule has 2 N–H and O–H groups in total. The summed E-state index contributed by atoms with van der Waals surface area (Å²) in [5, 5.41) is 33.4. The van der Waals surface area contributed by atoms with E-state index in [2.05, 4.69) is 95.6 Å². The van der Waals surface area contributed by atoms with Gasteiger partial charge in [0.2, 0.25) is 5.75 Å². The first-order valence-corrected chi connectivity index (χ1v) is 15.2. The van der Waals surface area contributed by atoms with E-state index < -0.39 is 47.8 Å². The fraction of sp³-hybridized carbons (Fsp3) is 0. The maximum absolute atomic E-state index is 12.5. The van der Waals surface area contributed by atoms with Crippen molar-refractivity contribution >= 4 is 123 Å². The molecule has 0 amide bonds. The summed E-state index contributed by atoms with van der Waals surface area (Å²) < 4.78 is 37.2. The van der Waals surface area contributed by atoms with E-state index in [9.17, 15) is 43.1 Å². The Hall–Kier alpha value is -1.28. The average molecular weight is 918 g/mol. The number of nitrogens with zero attached hydrogens (tertiary/aromatic N) is 2. The molecule has 0 saturated heterocycles. The topological polar surface area (TPSA) is 185 Å². The summed E-state index contributed by atoms with van der Waals surface area (Å²) in [7, 11) is -5.26. The minimum absolute atomic E-state index is 0.00861. The number of hydrogen-bond acceptors (Lipinski definition) is 8. The lowest BCUT2D eigenvalue weighted by atomic mass is 9.90. The molecular formula is C19H6Br6N2O9S. The Morgan fingerprint density at radius 3 is 1.97 bits per heavy atom. The quantitative estimate of drug-likeness (QED) is 0.0846. The van der Waals surface area contributed by atoms with Gasteiger partial charge < -0.3 is 9.66 Å². The maximum atomic E-state index is 12.5. The molecule has 0 spiro atoms. The lowest BCUT2D eigenvalue weighted by Crippen LogP contribution is -2.16. The van der Waals surface area contributed by atoms with E-state index in [4.69, 9.17) is 0 Å². The van der Waals surface area contributed by atoms with Crippen molar-refractivity contribution in [1.29, 1.82) is 0 Å². The summed E-state index contributed by atoms with van der Waals surface area (Å²) in [6.07, 6.45) is 2.10. The van der Waals surface area contributed by atoms with Crippen LogP contribution in [-0.4, -0.2) is 38.5 Å². The molecule has 0 saturated carbocycles. The molecular weight excluding hydrogens is 912 g/mol. The second-order valence-corrected chi connectivity index (χ2v) is 13.2. The van der Waals surface area contributed by atoms with Crippen LogP contribution in [0.15, 0.2) is 67.3 Å². The fourth-order valence-electron chi connectivity index (χ4n) is 3.26. The lowest BCUT2D eigenvalue weighted by Gasteiger charge is -2.23. The second kappa shape index (κ2) is 11.1. The zero-order valence-corrected chi connectivity index (χ0v) is 27.5. The monoisotopic (exact) mass is 911 g/mol. The predicted octanol–water partition coefficient (Wildman–Crippen LogP) is 6.82. The van der Waals surface area contributed by atoms with Crippen molar-refractivity contribution in [2.45, 2.75) is 4.90 Å². The van der Waals surface area contributed by atoms with Gasteiger partial charge in [-0.3, -0.25) is 25.0 Å². The summed E-state index contributed by atoms with van der Waals surface area (Å²) >= 11 is 18.8. The third-order valence-corrected chi connectivity index (χ3v) is 11.9. The first-order chi connectivity index (χ1) is 17.0. The number of hydrogen-bond donors (Lipinski definition) is 1. The zero-order valence-electron chi connectivity index (χ0n) is 17.1. The van der Waals surface area contributed by atoms with Crippen molar-refractivity contribution in [2.75, 3.05) is 0 Å². The van der Waals surface area contributed by atoms with Gasteiger partial charge >= 0.3 is 17.2 Å². The molecule has 3 rings (SSSR count). The minimum atomic E-state index is -5.26. The number of ketones is 1.